The number of aryl methyl sites for hydroxylation is 1. The molecule has 1 unspecified atom stereocenters. The summed E-state index contributed by atoms with van der Waals surface area (Å²) in [6.07, 6.45) is 0.200. The van der Waals surface area contributed by atoms with E-state index in [1.54, 1.807) is 0 Å². The van der Waals surface area contributed by atoms with Gasteiger partial charge >= 0.3 is 5.97 Å². The summed E-state index contributed by atoms with van der Waals surface area (Å²) in [7, 11) is 2.94. The van der Waals surface area contributed by atoms with Crippen molar-refractivity contribution in [2.24, 2.45) is 0 Å². The third-order valence-corrected chi connectivity index (χ3v) is 4.90. The number of rotatable bonds is 7. The van der Waals surface area contributed by atoms with Gasteiger partial charge in [-0.2, -0.15) is 0 Å². The Morgan fingerprint density at radius 2 is 2.10 bits per heavy atom. The molecular formula is C12H16BrNO5S. The maximum Gasteiger partial charge on any atom is 0.326 e. The Labute approximate surface area is 129 Å². The van der Waals surface area contributed by atoms with Crippen LogP contribution in [0.15, 0.2) is 4.47 Å². The van der Waals surface area contributed by atoms with Crippen LogP contribution in [-0.2, 0) is 9.53 Å². The minimum absolute atomic E-state index is 0.200. The lowest BCUT2D eigenvalue weighted by Gasteiger charge is -2.13. The number of halogens is 1. The van der Waals surface area contributed by atoms with Gasteiger partial charge in [-0.05, 0) is 22.9 Å². The highest BCUT2D eigenvalue weighted by molar-refractivity contribution is 9.10. The molecule has 0 radical (unpaired) electrons. The number of hydrogen-bond acceptors (Lipinski definition) is 5. The van der Waals surface area contributed by atoms with Gasteiger partial charge in [0.2, 0.25) is 0 Å². The normalized spacial score (nSPS) is 12.0. The van der Waals surface area contributed by atoms with Gasteiger partial charge in [-0.25, -0.2) is 4.79 Å². The summed E-state index contributed by atoms with van der Waals surface area (Å²) < 4.78 is 10.7. The molecule has 2 N–H and O–H groups in total. The number of aliphatic carboxylic acids is 1. The Morgan fingerprint density at radius 1 is 1.45 bits per heavy atom. The van der Waals surface area contributed by atoms with E-state index in [1.807, 2.05) is 6.92 Å². The number of methoxy groups -OCH3 is 2. The van der Waals surface area contributed by atoms with E-state index in [0.717, 1.165) is 4.88 Å². The maximum atomic E-state index is 12.2. The van der Waals surface area contributed by atoms with E-state index in [9.17, 15) is 9.59 Å². The van der Waals surface area contributed by atoms with Crippen molar-refractivity contribution in [1.82, 2.24) is 5.32 Å². The highest BCUT2D eigenvalue weighted by Gasteiger charge is 2.25. The first kappa shape index (κ1) is 16.9. The van der Waals surface area contributed by atoms with Crippen LogP contribution in [0.5, 0.6) is 5.75 Å². The number of carboxylic acid groups (broad SMARTS) is 1. The molecule has 0 fully saturated rings. The Kier molecular flexibility index (Phi) is 6.44. The van der Waals surface area contributed by atoms with Crippen molar-refractivity contribution < 1.29 is 24.2 Å². The number of carbonyl (C=O) groups excluding carboxylic acids is 1. The predicted molar refractivity (Wildman–Crippen MR) is 78.7 cm³/mol. The van der Waals surface area contributed by atoms with Crippen molar-refractivity contribution in [3.63, 3.8) is 0 Å². The molecule has 0 saturated carbocycles. The summed E-state index contributed by atoms with van der Waals surface area (Å²) in [6.45, 7) is 2.09. The first-order chi connectivity index (χ1) is 9.42. The number of thiophene rings is 1. The second-order valence-electron chi connectivity index (χ2n) is 3.98. The molecule has 20 heavy (non-hydrogen) atoms. The Balaban J connectivity index is 2.89. The molecule has 0 aliphatic carbocycles. The SMILES string of the molecule is COCCC(NC(=O)c1sc(C)c(Br)c1OC)C(=O)O. The predicted octanol–water partition coefficient (Wildman–Crippen LogP) is 2.05. The van der Waals surface area contributed by atoms with Gasteiger partial charge in [-0.15, -0.1) is 11.3 Å². The third kappa shape index (κ3) is 3.94. The molecule has 1 rings (SSSR count). The first-order valence-corrected chi connectivity index (χ1v) is 7.38. The lowest BCUT2D eigenvalue weighted by molar-refractivity contribution is -0.139. The van der Waals surface area contributed by atoms with Gasteiger partial charge < -0.3 is 19.9 Å². The molecule has 1 aromatic rings. The lowest BCUT2D eigenvalue weighted by Crippen LogP contribution is -2.41. The molecule has 1 atom stereocenters. The molecule has 1 amide bonds. The van der Waals surface area contributed by atoms with E-state index in [2.05, 4.69) is 21.2 Å². The highest BCUT2D eigenvalue weighted by atomic mass is 79.9. The molecule has 8 heteroatoms. The van der Waals surface area contributed by atoms with Crippen LogP contribution in [0.25, 0.3) is 0 Å². The lowest BCUT2D eigenvalue weighted by atomic mass is 10.2. The standard InChI is InChI=1S/C12H16BrNO5S/c1-6-8(13)9(19-3)10(20-6)11(15)14-7(12(16)17)4-5-18-2/h7H,4-5H2,1-3H3,(H,14,15)(H,16,17). The summed E-state index contributed by atoms with van der Waals surface area (Å²) in [4.78, 5) is 24.5. The Morgan fingerprint density at radius 3 is 2.60 bits per heavy atom. The second kappa shape index (κ2) is 7.61. The summed E-state index contributed by atoms with van der Waals surface area (Å²) >= 11 is 4.58. The van der Waals surface area contributed by atoms with E-state index < -0.39 is 17.9 Å². The molecule has 0 aliphatic rings. The molecule has 112 valence electrons. The first-order valence-electron chi connectivity index (χ1n) is 5.77. The van der Waals surface area contributed by atoms with Crippen molar-refractivity contribution in [2.75, 3.05) is 20.8 Å². The van der Waals surface area contributed by atoms with Gasteiger partial charge in [-0.1, -0.05) is 0 Å². The van der Waals surface area contributed by atoms with E-state index in [1.165, 1.54) is 25.6 Å². The van der Waals surface area contributed by atoms with Crippen molar-refractivity contribution >= 4 is 39.1 Å². The van der Waals surface area contributed by atoms with Crippen LogP contribution in [0, 0.1) is 6.92 Å². The summed E-state index contributed by atoms with van der Waals surface area (Å²) in [5.74, 6) is -1.15. The van der Waals surface area contributed by atoms with Gasteiger partial charge in [0.1, 0.15) is 10.9 Å². The van der Waals surface area contributed by atoms with Gasteiger partial charge in [0.25, 0.3) is 5.91 Å². The van der Waals surface area contributed by atoms with Gasteiger partial charge in [-0.3, -0.25) is 4.79 Å². The van der Waals surface area contributed by atoms with Crippen LogP contribution in [0.2, 0.25) is 0 Å². The fourth-order valence-corrected chi connectivity index (χ4v) is 3.20. The largest absolute Gasteiger partial charge is 0.494 e. The molecule has 0 saturated heterocycles. The van der Waals surface area contributed by atoms with Crippen molar-refractivity contribution in [1.29, 1.82) is 0 Å². The highest BCUT2D eigenvalue weighted by Crippen LogP contribution is 2.39. The third-order valence-electron chi connectivity index (χ3n) is 2.59. The number of hydrogen-bond donors (Lipinski definition) is 2. The van der Waals surface area contributed by atoms with Crippen LogP contribution in [0.1, 0.15) is 21.0 Å². The zero-order chi connectivity index (χ0) is 15.3. The average molecular weight is 366 g/mol. The zero-order valence-electron chi connectivity index (χ0n) is 11.4. The van der Waals surface area contributed by atoms with Crippen molar-refractivity contribution in [2.45, 2.75) is 19.4 Å². The molecule has 0 spiro atoms. The van der Waals surface area contributed by atoms with Crippen molar-refractivity contribution in [3.05, 3.63) is 14.2 Å². The molecule has 0 aromatic carbocycles. The average Bonchev–Trinajstić information content (AvgIpc) is 2.69. The van der Waals surface area contributed by atoms with Gasteiger partial charge in [0.15, 0.2) is 5.75 Å². The summed E-state index contributed by atoms with van der Waals surface area (Å²) in [5, 5.41) is 11.5. The number of amides is 1. The topological polar surface area (TPSA) is 84.9 Å². The summed E-state index contributed by atoms with van der Waals surface area (Å²) in [5.41, 5.74) is 0. The molecule has 6 nitrogen and oxygen atoms in total. The summed E-state index contributed by atoms with van der Waals surface area (Å²) in [6, 6.07) is -0.992. The smallest absolute Gasteiger partial charge is 0.326 e. The van der Waals surface area contributed by atoms with Crippen molar-refractivity contribution in [3.8, 4) is 5.75 Å². The second-order valence-corrected chi connectivity index (χ2v) is 6.00. The molecular weight excluding hydrogens is 350 g/mol. The number of ether oxygens (including phenoxy) is 2. The number of carboxylic acids is 1. The van der Waals surface area contributed by atoms with Crippen LogP contribution in [0.3, 0.4) is 0 Å². The van der Waals surface area contributed by atoms with E-state index >= 15 is 0 Å². The fraction of sp³-hybridized carbons (Fsp3) is 0.500. The Hall–Kier alpha value is -1.12. The monoisotopic (exact) mass is 365 g/mol. The fourth-order valence-electron chi connectivity index (χ4n) is 1.55. The minimum atomic E-state index is -1.10. The van der Waals surface area contributed by atoms with E-state index in [-0.39, 0.29) is 13.0 Å². The maximum absolute atomic E-state index is 12.2. The van der Waals surface area contributed by atoms with Crippen LogP contribution in [0.4, 0.5) is 0 Å². The molecule has 0 aliphatic heterocycles. The number of carbonyl (C=O) groups is 2. The Bertz CT molecular complexity index is 502. The van der Waals surface area contributed by atoms with E-state index in [4.69, 9.17) is 14.6 Å². The van der Waals surface area contributed by atoms with Gasteiger partial charge in [0.05, 0.1) is 11.6 Å². The van der Waals surface area contributed by atoms with E-state index in [0.29, 0.717) is 15.1 Å². The van der Waals surface area contributed by atoms with Crippen LogP contribution < -0.4 is 10.1 Å². The quantitative estimate of drug-likeness (QED) is 0.772. The zero-order valence-corrected chi connectivity index (χ0v) is 13.8. The van der Waals surface area contributed by atoms with Crippen LogP contribution >= 0.6 is 27.3 Å². The molecule has 1 heterocycles. The van der Waals surface area contributed by atoms with Gasteiger partial charge in [0, 0.05) is 25.0 Å². The number of nitrogens with one attached hydrogen (secondary N) is 1. The molecule has 1 aromatic heterocycles. The molecule has 0 bridgehead atoms. The van der Waals surface area contributed by atoms with Crippen LogP contribution in [-0.4, -0.2) is 43.9 Å². The minimum Gasteiger partial charge on any atom is -0.494 e.